The highest BCUT2D eigenvalue weighted by atomic mass is 32.2. The average Bonchev–Trinajstić information content (AvgIpc) is 3.19. The molecule has 4 amide bonds. The summed E-state index contributed by atoms with van der Waals surface area (Å²) >= 11 is 1.57. The molecule has 0 aromatic rings. The number of amides is 4. The summed E-state index contributed by atoms with van der Waals surface area (Å²) in [5.74, 6) is -2.97. The van der Waals surface area contributed by atoms with E-state index in [1.54, 1.807) is 11.8 Å². The van der Waals surface area contributed by atoms with Gasteiger partial charge in [0.05, 0.1) is 12.5 Å². The fourth-order valence-electron chi connectivity index (χ4n) is 3.52. The predicted octanol–water partition coefficient (Wildman–Crippen LogP) is -0.966. The standard InChI is InChI=1S/C20H35N5O6S/c1-11(2)9-13(23-17(27)12(21)6-8-32-3)19(29)25-7-4-5-15(25)18(28)24-14(20(30)31)10-16(22)26/h11-15H,4-10,21H2,1-3H3,(H2,22,26)(H,23,27)(H,24,28)(H,30,31). The lowest BCUT2D eigenvalue weighted by Crippen LogP contribution is -2.57. The maximum atomic E-state index is 13.3. The van der Waals surface area contributed by atoms with Crippen LogP contribution in [0.25, 0.3) is 0 Å². The number of aliphatic carboxylic acids is 1. The zero-order valence-electron chi connectivity index (χ0n) is 18.8. The van der Waals surface area contributed by atoms with Crippen LogP contribution in [0.4, 0.5) is 0 Å². The van der Waals surface area contributed by atoms with Gasteiger partial charge in [0.25, 0.3) is 0 Å². The topological polar surface area (TPSA) is 185 Å². The molecule has 7 N–H and O–H groups in total. The van der Waals surface area contributed by atoms with Crippen LogP contribution in [0.2, 0.25) is 0 Å². The first kappa shape index (κ1) is 27.7. The predicted molar refractivity (Wildman–Crippen MR) is 120 cm³/mol. The lowest BCUT2D eigenvalue weighted by Gasteiger charge is -2.30. The number of likely N-dealkylation sites (tertiary alicyclic amines) is 1. The number of hydrogen-bond acceptors (Lipinski definition) is 7. The Hall–Kier alpha value is -2.34. The highest BCUT2D eigenvalue weighted by molar-refractivity contribution is 7.98. The van der Waals surface area contributed by atoms with Crippen molar-refractivity contribution >= 4 is 41.4 Å². The SMILES string of the molecule is CSCCC(N)C(=O)NC(CC(C)C)C(=O)N1CCCC1C(=O)NC(CC(N)=O)C(=O)O. The van der Waals surface area contributed by atoms with E-state index in [0.717, 1.165) is 0 Å². The number of nitrogens with two attached hydrogens (primary N) is 2. The fraction of sp³-hybridized carbons (Fsp3) is 0.750. The van der Waals surface area contributed by atoms with Gasteiger partial charge in [-0.2, -0.15) is 11.8 Å². The quantitative estimate of drug-likeness (QED) is 0.226. The summed E-state index contributed by atoms with van der Waals surface area (Å²) in [6.45, 7) is 4.12. The Kier molecular flexibility index (Phi) is 11.5. The van der Waals surface area contributed by atoms with Crippen LogP contribution in [-0.2, 0) is 24.0 Å². The highest BCUT2D eigenvalue weighted by Crippen LogP contribution is 2.21. The van der Waals surface area contributed by atoms with Crippen molar-refractivity contribution in [1.29, 1.82) is 0 Å². The van der Waals surface area contributed by atoms with Crippen molar-refractivity contribution in [3.63, 3.8) is 0 Å². The van der Waals surface area contributed by atoms with E-state index in [-0.39, 0.29) is 5.92 Å². The van der Waals surface area contributed by atoms with E-state index in [1.807, 2.05) is 20.1 Å². The van der Waals surface area contributed by atoms with Gasteiger partial charge >= 0.3 is 5.97 Å². The molecule has 4 unspecified atom stereocenters. The average molecular weight is 474 g/mol. The van der Waals surface area contributed by atoms with Crippen molar-refractivity contribution in [2.24, 2.45) is 17.4 Å². The summed E-state index contributed by atoms with van der Waals surface area (Å²) in [6, 6.07) is -3.96. The summed E-state index contributed by atoms with van der Waals surface area (Å²) in [7, 11) is 0. The minimum Gasteiger partial charge on any atom is -0.480 e. The molecule has 1 fully saturated rings. The second-order valence-electron chi connectivity index (χ2n) is 8.34. The van der Waals surface area contributed by atoms with E-state index in [9.17, 15) is 29.1 Å². The van der Waals surface area contributed by atoms with Crippen molar-refractivity contribution in [1.82, 2.24) is 15.5 Å². The third-order valence-corrected chi connectivity index (χ3v) is 5.79. The maximum Gasteiger partial charge on any atom is 0.326 e. The Morgan fingerprint density at radius 2 is 1.81 bits per heavy atom. The summed E-state index contributed by atoms with van der Waals surface area (Å²) in [6.07, 6.45) is 3.09. The normalized spacial score (nSPS) is 18.7. The molecular weight excluding hydrogens is 438 g/mol. The largest absolute Gasteiger partial charge is 0.480 e. The Bertz CT molecular complexity index is 704. The van der Waals surface area contributed by atoms with E-state index < -0.39 is 60.2 Å². The fourth-order valence-corrected chi connectivity index (χ4v) is 4.01. The number of primary amides is 1. The summed E-state index contributed by atoms with van der Waals surface area (Å²) in [5, 5.41) is 14.2. The molecule has 4 atom stereocenters. The van der Waals surface area contributed by atoms with Gasteiger partial charge in [0.1, 0.15) is 18.1 Å². The number of carbonyl (C=O) groups excluding carboxylic acids is 4. The molecule has 0 spiro atoms. The van der Waals surface area contributed by atoms with Gasteiger partial charge in [-0.25, -0.2) is 4.79 Å². The van der Waals surface area contributed by atoms with Gasteiger partial charge in [-0.05, 0) is 43.6 Å². The molecule has 182 valence electrons. The number of nitrogens with one attached hydrogen (secondary N) is 2. The first-order chi connectivity index (χ1) is 15.0. The van der Waals surface area contributed by atoms with Crippen molar-refractivity contribution in [2.75, 3.05) is 18.6 Å². The minimum absolute atomic E-state index is 0.0912. The van der Waals surface area contributed by atoms with Gasteiger partial charge in [0.2, 0.25) is 23.6 Å². The highest BCUT2D eigenvalue weighted by Gasteiger charge is 2.39. The first-order valence-electron chi connectivity index (χ1n) is 10.6. The number of rotatable bonds is 13. The summed E-state index contributed by atoms with van der Waals surface area (Å²) in [4.78, 5) is 62.3. The molecule has 0 saturated carbocycles. The van der Waals surface area contributed by atoms with Gasteiger partial charge < -0.3 is 32.1 Å². The second-order valence-corrected chi connectivity index (χ2v) is 9.32. The molecule has 12 heteroatoms. The molecule has 1 rings (SSSR count). The van der Waals surface area contributed by atoms with E-state index in [1.165, 1.54) is 4.90 Å². The van der Waals surface area contributed by atoms with Crippen molar-refractivity contribution in [3.8, 4) is 0 Å². The molecule has 1 heterocycles. The van der Waals surface area contributed by atoms with Crippen molar-refractivity contribution in [3.05, 3.63) is 0 Å². The Labute approximate surface area is 192 Å². The van der Waals surface area contributed by atoms with E-state index in [2.05, 4.69) is 10.6 Å². The van der Waals surface area contributed by atoms with Gasteiger partial charge in [-0.1, -0.05) is 13.8 Å². The second kappa shape index (κ2) is 13.3. The van der Waals surface area contributed by atoms with E-state index in [0.29, 0.717) is 38.0 Å². The monoisotopic (exact) mass is 473 g/mol. The summed E-state index contributed by atoms with van der Waals surface area (Å²) < 4.78 is 0. The van der Waals surface area contributed by atoms with Crippen LogP contribution in [-0.4, -0.2) is 82.3 Å². The van der Waals surface area contributed by atoms with Gasteiger partial charge in [-0.3, -0.25) is 19.2 Å². The molecule has 0 aliphatic carbocycles. The van der Waals surface area contributed by atoms with Crippen molar-refractivity contribution in [2.45, 2.75) is 70.1 Å². The van der Waals surface area contributed by atoms with Gasteiger partial charge in [-0.15, -0.1) is 0 Å². The molecular formula is C20H35N5O6S. The van der Waals surface area contributed by atoms with Crippen LogP contribution in [0.15, 0.2) is 0 Å². The van der Waals surface area contributed by atoms with Crippen LogP contribution >= 0.6 is 11.8 Å². The Morgan fingerprint density at radius 1 is 1.16 bits per heavy atom. The van der Waals surface area contributed by atoms with E-state index in [4.69, 9.17) is 11.5 Å². The molecule has 11 nitrogen and oxygen atoms in total. The molecule has 1 aliphatic heterocycles. The number of hydrogen-bond donors (Lipinski definition) is 5. The van der Waals surface area contributed by atoms with Crippen LogP contribution in [0.3, 0.4) is 0 Å². The maximum absolute atomic E-state index is 13.3. The van der Waals surface area contributed by atoms with E-state index >= 15 is 0 Å². The molecule has 0 aromatic heterocycles. The molecule has 0 aromatic carbocycles. The smallest absolute Gasteiger partial charge is 0.326 e. The zero-order valence-corrected chi connectivity index (χ0v) is 19.7. The number of thioether (sulfide) groups is 1. The molecule has 32 heavy (non-hydrogen) atoms. The molecule has 0 radical (unpaired) electrons. The van der Waals surface area contributed by atoms with Crippen LogP contribution < -0.4 is 22.1 Å². The third kappa shape index (κ3) is 8.65. The van der Waals surface area contributed by atoms with Crippen LogP contribution in [0.1, 0.15) is 46.0 Å². The Morgan fingerprint density at radius 3 is 2.34 bits per heavy atom. The zero-order chi connectivity index (χ0) is 24.4. The number of carbonyl (C=O) groups is 5. The number of carboxylic acid groups (broad SMARTS) is 1. The lowest BCUT2D eigenvalue weighted by atomic mass is 10.0. The molecule has 1 saturated heterocycles. The van der Waals surface area contributed by atoms with Gasteiger partial charge in [0, 0.05) is 6.54 Å². The Balaban J connectivity index is 2.93. The van der Waals surface area contributed by atoms with Gasteiger partial charge in [0.15, 0.2) is 0 Å². The molecule has 1 aliphatic rings. The number of carboxylic acids is 1. The first-order valence-corrected chi connectivity index (χ1v) is 12.0. The number of nitrogens with zero attached hydrogens (tertiary/aromatic N) is 1. The minimum atomic E-state index is -1.47. The third-order valence-electron chi connectivity index (χ3n) is 5.15. The van der Waals surface area contributed by atoms with Crippen LogP contribution in [0, 0.1) is 5.92 Å². The molecule has 0 bridgehead atoms. The van der Waals surface area contributed by atoms with Crippen LogP contribution in [0.5, 0.6) is 0 Å². The lowest BCUT2D eigenvalue weighted by molar-refractivity contribution is -0.146. The summed E-state index contributed by atoms with van der Waals surface area (Å²) in [5.41, 5.74) is 11.0. The van der Waals surface area contributed by atoms with Crippen molar-refractivity contribution < 1.29 is 29.1 Å².